The second-order valence-corrected chi connectivity index (χ2v) is 12.4. The number of thioether (sulfide) groups is 1. The van der Waals surface area contributed by atoms with Crippen molar-refractivity contribution in [3.8, 4) is 0 Å². The Morgan fingerprint density at radius 2 is 1.61 bits per heavy atom. The van der Waals surface area contributed by atoms with Crippen LogP contribution in [0.2, 0.25) is 0 Å². The number of hydrogen-bond donors (Lipinski definition) is 1. The molecule has 1 saturated heterocycles. The monoisotopic (exact) mass is 550 g/mol. The predicted octanol–water partition coefficient (Wildman–Crippen LogP) is 7.89. The van der Waals surface area contributed by atoms with E-state index in [1.807, 2.05) is 12.1 Å². The second-order valence-electron chi connectivity index (χ2n) is 10.7. The molecule has 202 valence electrons. The van der Waals surface area contributed by atoms with Gasteiger partial charge in [0.25, 0.3) is 5.91 Å². The topological polar surface area (TPSA) is 60.9 Å². The SMILES string of the molecule is CCCCCCCCCCN1c2ccccc2C(C)(C)c2cc(/C=C3\SC(=S)N(CC(=O)O)C3=O)ccc21. The number of carbonyl (C=O) groups is 2. The van der Waals surface area contributed by atoms with Gasteiger partial charge < -0.3 is 10.0 Å². The van der Waals surface area contributed by atoms with Gasteiger partial charge in [-0.1, -0.05) is 114 Å². The van der Waals surface area contributed by atoms with Crippen molar-refractivity contribution >= 4 is 57.6 Å². The van der Waals surface area contributed by atoms with E-state index >= 15 is 0 Å². The van der Waals surface area contributed by atoms with E-state index in [2.05, 4.69) is 62.1 Å². The number of thiocarbonyl (C=S) groups is 1. The van der Waals surface area contributed by atoms with Gasteiger partial charge in [-0.25, -0.2) is 0 Å². The first-order chi connectivity index (χ1) is 18.2. The van der Waals surface area contributed by atoms with Crippen molar-refractivity contribution in [3.63, 3.8) is 0 Å². The fourth-order valence-corrected chi connectivity index (χ4v) is 6.71. The van der Waals surface area contributed by atoms with Gasteiger partial charge in [0.2, 0.25) is 0 Å². The molecule has 4 rings (SSSR count). The molecule has 0 radical (unpaired) electrons. The van der Waals surface area contributed by atoms with Gasteiger partial charge >= 0.3 is 5.97 Å². The quantitative estimate of drug-likeness (QED) is 0.165. The molecule has 2 aromatic rings. The Bertz CT molecular complexity index is 1240. The van der Waals surface area contributed by atoms with Crippen molar-refractivity contribution in [2.24, 2.45) is 0 Å². The molecular weight excluding hydrogens is 512 g/mol. The number of fused-ring (bicyclic) bond motifs is 2. The van der Waals surface area contributed by atoms with E-state index < -0.39 is 12.5 Å². The summed E-state index contributed by atoms with van der Waals surface area (Å²) in [6.45, 7) is 7.34. The molecule has 0 aromatic heterocycles. The molecule has 0 spiro atoms. The molecule has 7 heteroatoms. The van der Waals surface area contributed by atoms with E-state index in [0.717, 1.165) is 35.2 Å². The third-order valence-electron chi connectivity index (χ3n) is 7.55. The van der Waals surface area contributed by atoms with Crippen LogP contribution in [0.25, 0.3) is 6.08 Å². The van der Waals surface area contributed by atoms with Crippen molar-refractivity contribution in [2.75, 3.05) is 18.0 Å². The molecule has 38 heavy (non-hydrogen) atoms. The number of carboxylic acids is 1. The highest BCUT2D eigenvalue weighted by Crippen LogP contribution is 2.49. The molecule has 0 aliphatic carbocycles. The standard InChI is InChI=1S/C31H38N2O3S2/c1-4-5-6-7-8-9-10-13-18-32-25-15-12-11-14-23(25)31(2,3)24-19-22(16-17-26(24)32)20-27-29(36)33(21-28(34)35)30(37)38-27/h11-12,14-17,19-20H,4-10,13,18,21H2,1-3H3,(H,34,35)/b27-20-. The Morgan fingerprint density at radius 3 is 2.32 bits per heavy atom. The van der Waals surface area contributed by atoms with Crippen molar-refractivity contribution in [1.82, 2.24) is 4.90 Å². The van der Waals surface area contributed by atoms with Gasteiger partial charge in [-0.05, 0) is 47.4 Å². The Kier molecular flexibility index (Phi) is 9.32. The number of para-hydroxylation sites is 1. The number of nitrogens with zero attached hydrogens (tertiary/aromatic N) is 2. The maximum absolute atomic E-state index is 12.8. The zero-order valence-electron chi connectivity index (χ0n) is 22.7. The first-order valence-corrected chi connectivity index (χ1v) is 14.9. The number of rotatable bonds is 12. The lowest BCUT2D eigenvalue weighted by molar-refractivity contribution is -0.140. The lowest BCUT2D eigenvalue weighted by atomic mass is 9.73. The van der Waals surface area contributed by atoms with Gasteiger partial charge in [-0.2, -0.15) is 0 Å². The molecule has 2 aliphatic rings. The average Bonchev–Trinajstić information content (AvgIpc) is 3.14. The summed E-state index contributed by atoms with van der Waals surface area (Å²) in [4.78, 5) is 28.0. The molecular formula is C31H38N2O3S2. The van der Waals surface area contributed by atoms with Crippen LogP contribution in [-0.2, 0) is 15.0 Å². The Balaban J connectivity index is 1.56. The van der Waals surface area contributed by atoms with Crippen LogP contribution in [0.4, 0.5) is 11.4 Å². The zero-order valence-corrected chi connectivity index (χ0v) is 24.3. The maximum Gasteiger partial charge on any atom is 0.323 e. The number of anilines is 2. The molecule has 0 atom stereocenters. The van der Waals surface area contributed by atoms with Crippen LogP contribution < -0.4 is 4.90 Å². The maximum atomic E-state index is 12.8. The highest BCUT2D eigenvalue weighted by atomic mass is 32.2. The molecule has 1 N–H and O–H groups in total. The Labute approximate surface area is 236 Å². The molecule has 1 amide bonds. The van der Waals surface area contributed by atoms with E-state index in [1.54, 1.807) is 0 Å². The lowest BCUT2D eigenvalue weighted by Crippen LogP contribution is -2.33. The van der Waals surface area contributed by atoms with Crippen LogP contribution in [-0.4, -0.2) is 39.3 Å². The average molecular weight is 551 g/mol. The number of unbranched alkanes of at least 4 members (excludes halogenated alkanes) is 7. The van der Waals surface area contributed by atoms with Gasteiger partial charge in [0.1, 0.15) is 10.9 Å². The predicted molar refractivity (Wildman–Crippen MR) is 162 cm³/mol. The summed E-state index contributed by atoms with van der Waals surface area (Å²) >= 11 is 6.43. The number of benzene rings is 2. The van der Waals surface area contributed by atoms with Crippen LogP contribution in [0.1, 0.15) is 88.8 Å². The highest BCUT2D eigenvalue weighted by Gasteiger charge is 2.37. The number of amides is 1. The summed E-state index contributed by atoms with van der Waals surface area (Å²) in [6, 6.07) is 15.1. The first kappa shape index (κ1) is 28.4. The summed E-state index contributed by atoms with van der Waals surface area (Å²) in [5.74, 6) is -1.42. The van der Waals surface area contributed by atoms with Crippen molar-refractivity contribution < 1.29 is 14.7 Å². The summed E-state index contributed by atoms with van der Waals surface area (Å²) in [7, 11) is 0. The van der Waals surface area contributed by atoms with Gasteiger partial charge in [0.05, 0.1) is 4.91 Å². The molecule has 2 heterocycles. The smallest absolute Gasteiger partial charge is 0.323 e. The van der Waals surface area contributed by atoms with E-state index in [4.69, 9.17) is 17.3 Å². The third kappa shape index (κ3) is 6.15. The summed E-state index contributed by atoms with van der Waals surface area (Å²) < 4.78 is 0.285. The van der Waals surface area contributed by atoms with Gasteiger partial charge in [-0.15, -0.1) is 0 Å². The molecule has 0 saturated carbocycles. The van der Waals surface area contributed by atoms with Gasteiger partial charge in [0.15, 0.2) is 0 Å². The lowest BCUT2D eigenvalue weighted by Gasteiger charge is -2.42. The normalized spacial score (nSPS) is 17.2. The molecule has 1 fully saturated rings. The third-order valence-corrected chi connectivity index (χ3v) is 8.93. The Hall–Kier alpha value is -2.64. The van der Waals surface area contributed by atoms with Gasteiger partial charge in [0, 0.05) is 23.3 Å². The first-order valence-electron chi connectivity index (χ1n) is 13.7. The molecule has 0 unspecified atom stereocenters. The van der Waals surface area contributed by atoms with E-state index in [1.165, 1.54) is 67.4 Å². The minimum absolute atomic E-state index is 0.201. The largest absolute Gasteiger partial charge is 0.480 e. The molecule has 5 nitrogen and oxygen atoms in total. The molecule has 2 aliphatic heterocycles. The van der Waals surface area contributed by atoms with E-state index in [-0.39, 0.29) is 15.6 Å². The fraction of sp³-hybridized carbons (Fsp3) is 0.452. The van der Waals surface area contributed by atoms with Crippen molar-refractivity contribution in [1.29, 1.82) is 0 Å². The van der Waals surface area contributed by atoms with Crippen molar-refractivity contribution in [3.05, 3.63) is 64.1 Å². The van der Waals surface area contributed by atoms with Gasteiger partial charge in [-0.3, -0.25) is 14.5 Å². The summed E-state index contributed by atoms with van der Waals surface area (Å²) in [6.07, 6.45) is 12.2. The molecule has 0 bridgehead atoms. The van der Waals surface area contributed by atoms with Crippen LogP contribution in [0.5, 0.6) is 0 Å². The number of hydrogen-bond acceptors (Lipinski definition) is 5. The van der Waals surface area contributed by atoms with Crippen LogP contribution in [0.3, 0.4) is 0 Å². The van der Waals surface area contributed by atoms with Crippen LogP contribution >= 0.6 is 24.0 Å². The number of aliphatic carboxylic acids is 1. The van der Waals surface area contributed by atoms with Crippen molar-refractivity contribution in [2.45, 2.75) is 77.6 Å². The van der Waals surface area contributed by atoms with Crippen LogP contribution in [0, 0.1) is 0 Å². The van der Waals surface area contributed by atoms with E-state index in [9.17, 15) is 9.59 Å². The fourth-order valence-electron chi connectivity index (χ4n) is 5.46. The zero-order chi connectivity index (χ0) is 27.3. The summed E-state index contributed by atoms with van der Waals surface area (Å²) in [5.41, 5.74) is 5.73. The minimum atomic E-state index is -1.08. The molecule has 2 aromatic carbocycles. The summed E-state index contributed by atoms with van der Waals surface area (Å²) in [5, 5.41) is 9.13. The minimum Gasteiger partial charge on any atom is -0.480 e. The second kappa shape index (κ2) is 12.5. The number of carboxylic acid groups (broad SMARTS) is 1. The highest BCUT2D eigenvalue weighted by molar-refractivity contribution is 8.26. The van der Waals surface area contributed by atoms with E-state index in [0.29, 0.717) is 4.91 Å². The Morgan fingerprint density at radius 1 is 0.947 bits per heavy atom. The number of carbonyl (C=O) groups excluding carboxylic acids is 1. The van der Waals surface area contributed by atoms with Crippen LogP contribution in [0.15, 0.2) is 47.4 Å².